The summed E-state index contributed by atoms with van der Waals surface area (Å²) in [6.45, 7) is 2.06. The van der Waals surface area contributed by atoms with Gasteiger partial charge < -0.3 is 15.3 Å². The number of carboxylic acid groups (broad SMARTS) is 1. The van der Waals surface area contributed by atoms with Gasteiger partial charge >= 0.3 is 12.0 Å². The van der Waals surface area contributed by atoms with Gasteiger partial charge in [-0.2, -0.15) is 0 Å². The van der Waals surface area contributed by atoms with Crippen LogP contribution in [0.15, 0.2) is 24.3 Å². The van der Waals surface area contributed by atoms with E-state index in [0.717, 1.165) is 19.3 Å². The minimum atomic E-state index is -1.19. The molecule has 1 aromatic rings. The van der Waals surface area contributed by atoms with Crippen molar-refractivity contribution in [3.63, 3.8) is 0 Å². The van der Waals surface area contributed by atoms with Crippen molar-refractivity contribution < 1.29 is 24.3 Å². The lowest BCUT2D eigenvalue weighted by molar-refractivity contribution is -0.142. The second-order valence-electron chi connectivity index (χ2n) is 7.71. The van der Waals surface area contributed by atoms with Crippen molar-refractivity contribution in [1.82, 2.24) is 15.5 Å². The van der Waals surface area contributed by atoms with E-state index in [9.17, 15) is 24.3 Å². The number of carbonyl (C=O) groups excluding carboxylic acids is 3. The smallest absolute Gasteiger partial charge is 0.326 e. The van der Waals surface area contributed by atoms with E-state index in [2.05, 4.69) is 10.6 Å². The first-order valence-electron chi connectivity index (χ1n) is 9.09. The van der Waals surface area contributed by atoms with Crippen molar-refractivity contribution >= 4 is 23.8 Å². The van der Waals surface area contributed by atoms with Crippen LogP contribution in [0.1, 0.15) is 42.1 Å². The van der Waals surface area contributed by atoms with E-state index in [1.165, 1.54) is 4.90 Å². The second-order valence-corrected chi connectivity index (χ2v) is 7.71. The number of amides is 4. The molecule has 2 heterocycles. The number of hydrogen-bond donors (Lipinski definition) is 3. The van der Waals surface area contributed by atoms with Gasteiger partial charge in [-0.15, -0.1) is 0 Å². The molecular formula is C19H21N3O5. The van der Waals surface area contributed by atoms with Crippen LogP contribution in [0.5, 0.6) is 0 Å². The van der Waals surface area contributed by atoms with Gasteiger partial charge in [-0.1, -0.05) is 18.6 Å². The number of nitrogens with zero attached hydrogens (tertiary/aromatic N) is 1. The number of rotatable bonds is 3. The summed E-state index contributed by atoms with van der Waals surface area (Å²) in [5, 5.41) is 14.4. The quantitative estimate of drug-likeness (QED) is 0.687. The van der Waals surface area contributed by atoms with E-state index in [4.69, 9.17) is 0 Å². The third-order valence-corrected chi connectivity index (χ3v) is 6.16. The SMILES string of the molecule is CC1(c2ccc(C(=O)N3CC4CCCC4C3C(=O)O)cc2)NC(=O)NC1=O. The molecule has 27 heavy (non-hydrogen) atoms. The third kappa shape index (κ3) is 2.67. The van der Waals surface area contributed by atoms with Crippen LogP contribution in [0.4, 0.5) is 4.79 Å². The van der Waals surface area contributed by atoms with Gasteiger partial charge in [0.05, 0.1) is 0 Å². The van der Waals surface area contributed by atoms with E-state index in [-0.39, 0.29) is 17.7 Å². The van der Waals surface area contributed by atoms with E-state index in [1.807, 2.05) is 0 Å². The summed E-state index contributed by atoms with van der Waals surface area (Å²) in [5.41, 5.74) is -0.263. The number of carbonyl (C=O) groups is 4. The first-order valence-corrected chi connectivity index (χ1v) is 9.09. The maximum absolute atomic E-state index is 12.9. The van der Waals surface area contributed by atoms with Crippen LogP contribution in [0.25, 0.3) is 0 Å². The summed E-state index contributed by atoms with van der Waals surface area (Å²) in [4.78, 5) is 49.6. The van der Waals surface area contributed by atoms with Crippen molar-refractivity contribution in [2.75, 3.05) is 6.54 Å². The summed E-state index contributed by atoms with van der Waals surface area (Å²) in [6, 6.07) is 5.05. The molecule has 4 unspecified atom stereocenters. The number of benzene rings is 1. The predicted molar refractivity (Wildman–Crippen MR) is 93.8 cm³/mol. The highest BCUT2D eigenvalue weighted by Gasteiger charge is 2.49. The Hall–Kier alpha value is -2.90. The van der Waals surface area contributed by atoms with Crippen LogP contribution in [-0.4, -0.2) is 46.4 Å². The van der Waals surface area contributed by atoms with Crippen LogP contribution >= 0.6 is 0 Å². The zero-order chi connectivity index (χ0) is 19.3. The monoisotopic (exact) mass is 371 g/mol. The van der Waals surface area contributed by atoms with Gasteiger partial charge in [-0.25, -0.2) is 9.59 Å². The number of carboxylic acids is 1. The molecule has 1 saturated carbocycles. The molecule has 2 aliphatic heterocycles. The predicted octanol–water partition coefficient (Wildman–Crippen LogP) is 1.07. The standard InChI is InChI=1S/C19H21N3O5/c1-19(17(26)20-18(27)21-19)12-7-5-10(6-8-12)15(23)22-9-11-3-2-4-13(11)14(22)16(24)25/h5-8,11,13-14H,2-4,9H2,1H3,(H,24,25)(H2,20,21,26,27). The Balaban J connectivity index is 1.57. The third-order valence-electron chi connectivity index (χ3n) is 6.16. The zero-order valence-electron chi connectivity index (χ0n) is 14.9. The molecule has 3 N–H and O–H groups in total. The summed E-state index contributed by atoms with van der Waals surface area (Å²) in [5.74, 6) is -1.43. The zero-order valence-corrected chi connectivity index (χ0v) is 14.9. The van der Waals surface area contributed by atoms with Crippen molar-refractivity contribution in [3.05, 3.63) is 35.4 Å². The number of aliphatic carboxylic acids is 1. The maximum atomic E-state index is 12.9. The number of urea groups is 1. The van der Waals surface area contributed by atoms with Crippen molar-refractivity contribution in [1.29, 1.82) is 0 Å². The molecule has 1 aromatic carbocycles. The molecule has 0 bridgehead atoms. The first kappa shape index (κ1) is 17.5. The Morgan fingerprint density at radius 3 is 2.48 bits per heavy atom. The molecule has 3 fully saturated rings. The molecule has 4 amide bonds. The fourth-order valence-electron chi connectivity index (χ4n) is 4.69. The maximum Gasteiger partial charge on any atom is 0.326 e. The number of likely N-dealkylation sites (tertiary alicyclic amines) is 1. The highest BCUT2D eigenvalue weighted by molar-refractivity contribution is 6.07. The molecule has 2 saturated heterocycles. The van der Waals surface area contributed by atoms with Gasteiger partial charge in [0.2, 0.25) is 0 Å². The lowest BCUT2D eigenvalue weighted by Gasteiger charge is -2.25. The van der Waals surface area contributed by atoms with Crippen molar-refractivity contribution in [3.8, 4) is 0 Å². The normalized spacial score (nSPS) is 32.2. The Labute approximate surface area is 155 Å². The minimum absolute atomic E-state index is 0.0297. The van der Waals surface area contributed by atoms with Gasteiger partial charge in [-0.3, -0.25) is 14.9 Å². The molecule has 8 heteroatoms. The minimum Gasteiger partial charge on any atom is -0.480 e. The lowest BCUT2D eigenvalue weighted by atomic mass is 9.91. The molecule has 4 atom stereocenters. The molecule has 0 radical (unpaired) electrons. The van der Waals surface area contributed by atoms with Gasteiger partial charge in [0, 0.05) is 12.1 Å². The van der Waals surface area contributed by atoms with Crippen LogP contribution < -0.4 is 10.6 Å². The number of nitrogens with one attached hydrogen (secondary N) is 2. The molecule has 0 spiro atoms. The highest BCUT2D eigenvalue weighted by atomic mass is 16.4. The van der Waals surface area contributed by atoms with Crippen LogP contribution in [0.3, 0.4) is 0 Å². The summed E-state index contributed by atoms with van der Waals surface area (Å²) < 4.78 is 0. The van der Waals surface area contributed by atoms with Crippen molar-refractivity contribution in [2.45, 2.75) is 37.8 Å². The Bertz CT molecular complexity index is 836. The molecule has 3 aliphatic rings. The summed E-state index contributed by atoms with van der Waals surface area (Å²) >= 11 is 0. The number of imide groups is 1. The summed E-state index contributed by atoms with van der Waals surface area (Å²) in [7, 11) is 0. The van der Waals surface area contributed by atoms with E-state index in [0.29, 0.717) is 17.7 Å². The molecule has 1 aliphatic carbocycles. The van der Waals surface area contributed by atoms with Gasteiger partial charge in [0.1, 0.15) is 11.6 Å². The molecule has 0 aromatic heterocycles. The fraction of sp³-hybridized carbons (Fsp3) is 0.474. The number of hydrogen-bond acceptors (Lipinski definition) is 4. The molecular weight excluding hydrogens is 350 g/mol. The van der Waals surface area contributed by atoms with Gasteiger partial charge in [0.15, 0.2) is 0 Å². The first-order chi connectivity index (χ1) is 12.8. The average Bonchev–Trinajstić information content (AvgIpc) is 3.27. The molecule has 4 rings (SSSR count). The number of fused-ring (bicyclic) bond motifs is 1. The van der Waals surface area contributed by atoms with E-state index >= 15 is 0 Å². The Morgan fingerprint density at radius 1 is 1.19 bits per heavy atom. The lowest BCUT2D eigenvalue weighted by Crippen LogP contribution is -2.43. The fourth-order valence-corrected chi connectivity index (χ4v) is 4.69. The van der Waals surface area contributed by atoms with Crippen LogP contribution in [0, 0.1) is 11.8 Å². The van der Waals surface area contributed by atoms with Crippen LogP contribution in [-0.2, 0) is 15.1 Å². The average molecular weight is 371 g/mol. The Kier molecular flexibility index (Phi) is 3.94. The van der Waals surface area contributed by atoms with Crippen LogP contribution in [0.2, 0.25) is 0 Å². The molecule has 142 valence electrons. The topological polar surface area (TPSA) is 116 Å². The van der Waals surface area contributed by atoms with Crippen molar-refractivity contribution in [2.24, 2.45) is 11.8 Å². The van der Waals surface area contributed by atoms with Gasteiger partial charge in [-0.05, 0) is 49.3 Å². The molecule has 8 nitrogen and oxygen atoms in total. The van der Waals surface area contributed by atoms with E-state index in [1.54, 1.807) is 31.2 Å². The second kappa shape index (κ2) is 6.07. The summed E-state index contributed by atoms with van der Waals surface area (Å²) in [6.07, 6.45) is 2.82. The largest absolute Gasteiger partial charge is 0.480 e. The Morgan fingerprint density at radius 2 is 1.89 bits per heavy atom. The van der Waals surface area contributed by atoms with Gasteiger partial charge in [0.25, 0.3) is 11.8 Å². The van der Waals surface area contributed by atoms with E-state index < -0.39 is 29.5 Å². The highest BCUT2D eigenvalue weighted by Crippen LogP contribution is 2.42.